The van der Waals surface area contributed by atoms with Gasteiger partial charge in [-0.3, -0.25) is 4.79 Å². The molecule has 0 bridgehead atoms. The van der Waals surface area contributed by atoms with E-state index in [9.17, 15) is 13.2 Å². The Bertz CT molecular complexity index is 1060. The highest BCUT2D eigenvalue weighted by atomic mass is 35.5. The molecule has 1 aliphatic rings. The Labute approximate surface area is 203 Å². The first-order valence-electron chi connectivity index (χ1n) is 10.2. The Morgan fingerprint density at radius 3 is 2.56 bits per heavy atom. The summed E-state index contributed by atoms with van der Waals surface area (Å²) in [6.45, 7) is 2.99. The molecular formula is C22H25Cl3N2O4S. The third kappa shape index (κ3) is 6.51. The Kier molecular flexibility index (Phi) is 8.69. The van der Waals surface area contributed by atoms with Crippen LogP contribution in [-0.4, -0.2) is 44.9 Å². The molecule has 1 heterocycles. The van der Waals surface area contributed by atoms with Gasteiger partial charge in [-0.05, 0) is 49.6 Å². The summed E-state index contributed by atoms with van der Waals surface area (Å²) in [6.07, 6.45) is 1.23. The smallest absolute Gasteiger partial charge is 0.224 e. The quantitative estimate of drug-likeness (QED) is 0.513. The molecule has 0 unspecified atom stereocenters. The molecule has 0 saturated carbocycles. The Hall–Kier alpha value is -1.51. The SMILES string of the molecule is Cc1ccc(OCCNC(=O)[C@H]2CCCN(S(=O)(=O)Cc3c(Cl)cccc3Cl)C2)cc1Cl. The summed E-state index contributed by atoms with van der Waals surface area (Å²) in [7, 11) is -3.67. The summed E-state index contributed by atoms with van der Waals surface area (Å²) >= 11 is 18.3. The lowest BCUT2D eigenvalue weighted by atomic mass is 9.99. The predicted octanol–water partition coefficient (Wildman–Crippen LogP) is 4.69. The molecule has 1 saturated heterocycles. The highest BCUT2D eigenvalue weighted by Gasteiger charge is 2.33. The molecule has 1 aliphatic heterocycles. The molecule has 0 aliphatic carbocycles. The topological polar surface area (TPSA) is 75.7 Å². The second kappa shape index (κ2) is 11.1. The van der Waals surface area contributed by atoms with Gasteiger partial charge in [-0.2, -0.15) is 0 Å². The maximum atomic E-state index is 12.9. The maximum absolute atomic E-state index is 12.9. The normalized spacial score (nSPS) is 17.2. The number of hydrogen-bond acceptors (Lipinski definition) is 4. The second-order valence-corrected chi connectivity index (χ2v) is 10.9. The molecule has 2 aromatic rings. The molecule has 1 amide bonds. The molecule has 0 radical (unpaired) electrons. The Morgan fingerprint density at radius 1 is 1.16 bits per heavy atom. The van der Waals surface area contributed by atoms with E-state index in [2.05, 4.69) is 5.32 Å². The van der Waals surface area contributed by atoms with E-state index in [0.29, 0.717) is 52.3 Å². The molecule has 2 aromatic carbocycles. The monoisotopic (exact) mass is 518 g/mol. The van der Waals surface area contributed by atoms with Crippen molar-refractivity contribution in [2.24, 2.45) is 5.92 Å². The van der Waals surface area contributed by atoms with E-state index in [1.807, 2.05) is 19.1 Å². The first-order valence-corrected chi connectivity index (χ1v) is 13.0. The van der Waals surface area contributed by atoms with Crippen LogP contribution in [0.2, 0.25) is 15.1 Å². The van der Waals surface area contributed by atoms with Crippen LogP contribution in [0.1, 0.15) is 24.0 Å². The molecule has 1 fully saturated rings. The summed E-state index contributed by atoms with van der Waals surface area (Å²) < 4.78 is 32.9. The predicted molar refractivity (Wildman–Crippen MR) is 128 cm³/mol. The number of nitrogens with one attached hydrogen (secondary N) is 1. The second-order valence-electron chi connectivity index (χ2n) is 7.70. The fourth-order valence-corrected chi connectivity index (χ4v) is 6.04. The summed E-state index contributed by atoms with van der Waals surface area (Å²) in [6, 6.07) is 10.3. The van der Waals surface area contributed by atoms with Crippen LogP contribution >= 0.6 is 34.8 Å². The van der Waals surface area contributed by atoms with Gasteiger partial charge in [0.15, 0.2) is 0 Å². The van der Waals surface area contributed by atoms with Gasteiger partial charge in [0.2, 0.25) is 15.9 Å². The van der Waals surface area contributed by atoms with Crippen LogP contribution in [0.3, 0.4) is 0 Å². The molecule has 0 aromatic heterocycles. The van der Waals surface area contributed by atoms with Gasteiger partial charge in [0, 0.05) is 33.7 Å². The van der Waals surface area contributed by atoms with E-state index in [1.54, 1.807) is 24.3 Å². The van der Waals surface area contributed by atoms with Crippen LogP contribution in [0.25, 0.3) is 0 Å². The zero-order valence-electron chi connectivity index (χ0n) is 17.6. The summed E-state index contributed by atoms with van der Waals surface area (Å²) in [5.41, 5.74) is 1.33. The van der Waals surface area contributed by atoms with Crippen molar-refractivity contribution in [1.82, 2.24) is 9.62 Å². The van der Waals surface area contributed by atoms with E-state index in [-0.39, 0.29) is 24.8 Å². The molecule has 174 valence electrons. The fourth-order valence-electron chi connectivity index (χ4n) is 3.50. The van der Waals surface area contributed by atoms with Crippen LogP contribution in [0.5, 0.6) is 5.75 Å². The van der Waals surface area contributed by atoms with Gasteiger partial charge in [0.05, 0.1) is 18.2 Å². The average molecular weight is 520 g/mol. The van der Waals surface area contributed by atoms with Crippen LogP contribution < -0.4 is 10.1 Å². The fraction of sp³-hybridized carbons (Fsp3) is 0.409. The first-order chi connectivity index (χ1) is 15.2. The Balaban J connectivity index is 1.52. The minimum atomic E-state index is -3.67. The highest BCUT2D eigenvalue weighted by molar-refractivity contribution is 7.88. The van der Waals surface area contributed by atoms with E-state index >= 15 is 0 Å². The third-order valence-electron chi connectivity index (χ3n) is 5.35. The number of hydrogen-bond donors (Lipinski definition) is 1. The van der Waals surface area contributed by atoms with Crippen molar-refractivity contribution in [3.63, 3.8) is 0 Å². The van der Waals surface area contributed by atoms with Gasteiger partial charge in [0.1, 0.15) is 12.4 Å². The minimum absolute atomic E-state index is 0.130. The van der Waals surface area contributed by atoms with Gasteiger partial charge < -0.3 is 10.1 Å². The number of benzene rings is 2. The van der Waals surface area contributed by atoms with Gasteiger partial charge >= 0.3 is 0 Å². The lowest BCUT2D eigenvalue weighted by Crippen LogP contribution is -2.46. The van der Waals surface area contributed by atoms with Crippen LogP contribution in [0.15, 0.2) is 36.4 Å². The number of aryl methyl sites for hydroxylation is 1. The minimum Gasteiger partial charge on any atom is -0.492 e. The van der Waals surface area contributed by atoms with E-state index in [4.69, 9.17) is 39.5 Å². The van der Waals surface area contributed by atoms with Crippen LogP contribution in [0.4, 0.5) is 0 Å². The van der Waals surface area contributed by atoms with Crippen LogP contribution in [-0.2, 0) is 20.6 Å². The van der Waals surface area contributed by atoms with E-state index in [0.717, 1.165) is 5.56 Å². The zero-order valence-corrected chi connectivity index (χ0v) is 20.7. The van der Waals surface area contributed by atoms with Gasteiger partial charge in [-0.25, -0.2) is 12.7 Å². The lowest BCUT2D eigenvalue weighted by Gasteiger charge is -2.31. The number of ether oxygens (including phenoxy) is 1. The molecule has 0 spiro atoms. The maximum Gasteiger partial charge on any atom is 0.224 e. The number of carbonyl (C=O) groups is 1. The van der Waals surface area contributed by atoms with Crippen molar-refractivity contribution in [3.8, 4) is 5.75 Å². The van der Waals surface area contributed by atoms with Crippen molar-refractivity contribution < 1.29 is 17.9 Å². The number of piperidine rings is 1. The van der Waals surface area contributed by atoms with Gasteiger partial charge in [-0.1, -0.05) is 46.9 Å². The third-order valence-corrected chi connectivity index (χ3v) is 8.24. The number of amides is 1. The number of halogens is 3. The van der Waals surface area contributed by atoms with E-state index < -0.39 is 15.9 Å². The lowest BCUT2D eigenvalue weighted by molar-refractivity contribution is -0.126. The van der Waals surface area contributed by atoms with Gasteiger partial charge in [0.25, 0.3) is 0 Å². The highest BCUT2D eigenvalue weighted by Crippen LogP contribution is 2.29. The number of nitrogens with zero attached hydrogens (tertiary/aromatic N) is 1. The largest absolute Gasteiger partial charge is 0.492 e. The number of sulfonamides is 1. The van der Waals surface area contributed by atoms with Crippen molar-refractivity contribution in [3.05, 3.63) is 62.6 Å². The molecule has 1 atom stereocenters. The molecule has 6 nitrogen and oxygen atoms in total. The van der Waals surface area contributed by atoms with Crippen molar-refractivity contribution >= 4 is 50.7 Å². The zero-order chi connectivity index (χ0) is 23.3. The van der Waals surface area contributed by atoms with E-state index in [1.165, 1.54) is 4.31 Å². The van der Waals surface area contributed by atoms with Crippen molar-refractivity contribution in [2.75, 3.05) is 26.2 Å². The number of rotatable bonds is 8. The molecule has 3 rings (SSSR count). The average Bonchev–Trinajstić information content (AvgIpc) is 2.76. The molecular weight excluding hydrogens is 495 g/mol. The van der Waals surface area contributed by atoms with Crippen LogP contribution in [0, 0.1) is 12.8 Å². The molecule has 1 N–H and O–H groups in total. The summed E-state index contributed by atoms with van der Waals surface area (Å²) in [5.74, 6) is -0.282. The summed E-state index contributed by atoms with van der Waals surface area (Å²) in [4.78, 5) is 12.6. The molecule has 32 heavy (non-hydrogen) atoms. The molecule has 10 heteroatoms. The standard InChI is InChI=1S/C22H25Cl3N2O4S/c1-15-7-8-17(12-21(15)25)31-11-9-26-22(28)16-4-3-10-27(13-16)32(29,30)14-18-19(23)5-2-6-20(18)24/h2,5-8,12,16H,3-4,9-11,13-14H2,1H3,(H,26,28)/t16-/m0/s1. The van der Waals surface area contributed by atoms with Gasteiger partial charge in [-0.15, -0.1) is 0 Å². The van der Waals surface area contributed by atoms with Crippen molar-refractivity contribution in [1.29, 1.82) is 0 Å². The Morgan fingerprint density at radius 2 is 1.88 bits per heavy atom. The summed E-state index contributed by atoms with van der Waals surface area (Å²) in [5, 5.41) is 4.06. The number of carbonyl (C=O) groups excluding carboxylic acids is 1. The van der Waals surface area contributed by atoms with Crippen molar-refractivity contribution in [2.45, 2.75) is 25.5 Å². The first kappa shape index (κ1) is 25.1.